The van der Waals surface area contributed by atoms with Crippen molar-refractivity contribution in [1.82, 2.24) is 9.88 Å². The van der Waals surface area contributed by atoms with Crippen LogP contribution in [-0.2, 0) is 0 Å². The zero-order valence-corrected chi connectivity index (χ0v) is 26.6. The van der Waals surface area contributed by atoms with E-state index in [2.05, 4.69) is 131 Å². The van der Waals surface area contributed by atoms with Crippen LogP contribution in [0.2, 0.25) is 0 Å². The number of aromatic nitrogens is 1. The lowest BCUT2D eigenvalue weighted by Gasteiger charge is -2.25. The quantitative estimate of drug-likeness (QED) is 0.182. The molecule has 1 aliphatic rings. The number of fused-ring (bicyclic) bond motifs is 6. The lowest BCUT2D eigenvalue weighted by Crippen LogP contribution is -2.21. The Morgan fingerprint density at radius 1 is 0.630 bits per heavy atom. The molecule has 1 aliphatic heterocycles. The van der Waals surface area contributed by atoms with Gasteiger partial charge in [-0.15, -0.1) is 22.7 Å². The van der Waals surface area contributed by atoms with Crippen molar-refractivity contribution in [2.24, 2.45) is 0 Å². The van der Waals surface area contributed by atoms with Crippen LogP contribution in [-0.4, -0.2) is 23.6 Å². The first kappa shape index (κ1) is 27.0. The number of nitrogens with zero attached hydrogens (tertiary/aromatic N) is 4. The number of ether oxygens (including phenoxy) is 1. The summed E-state index contributed by atoms with van der Waals surface area (Å²) in [5, 5.41) is 4.84. The molecule has 0 radical (unpaired) electrons. The first-order chi connectivity index (χ1) is 22.7. The minimum Gasteiger partial charge on any atom is -0.454 e. The molecule has 0 spiro atoms. The van der Waals surface area contributed by atoms with Crippen LogP contribution >= 0.6 is 22.7 Å². The summed E-state index contributed by atoms with van der Waals surface area (Å²) in [5.41, 5.74) is 3.13. The van der Waals surface area contributed by atoms with E-state index in [0.29, 0.717) is 0 Å². The Kier molecular flexibility index (Phi) is 6.40. The third-order valence-electron chi connectivity index (χ3n) is 8.44. The second-order valence-corrected chi connectivity index (χ2v) is 13.6. The molecule has 0 N–H and O–H groups in total. The lowest BCUT2D eigenvalue weighted by molar-refractivity contribution is 0.490. The largest absolute Gasteiger partial charge is 0.454 e. The molecule has 0 bridgehead atoms. The van der Waals surface area contributed by atoms with Gasteiger partial charge >= 0.3 is 0 Å². The summed E-state index contributed by atoms with van der Waals surface area (Å²) in [6, 6.07) is 42.6. The van der Waals surface area contributed by atoms with Gasteiger partial charge in [0.25, 0.3) is 0 Å². The van der Waals surface area contributed by atoms with E-state index in [1.807, 2.05) is 30.5 Å². The van der Waals surface area contributed by atoms with Gasteiger partial charge in [-0.05, 0) is 48.5 Å². The molecule has 0 saturated carbocycles. The summed E-state index contributed by atoms with van der Waals surface area (Å²) < 4.78 is 11.9. The first-order valence-electron chi connectivity index (χ1n) is 15.2. The summed E-state index contributed by atoms with van der Waals surface area (Å²) >= 11 is 3.56. The highest BCUT2D eigenvalue weighted by Crippen LogP contribution is 2.49. The predicted molar refractivity (Wildman–Crippen MR) is 195 cm³/mol. The van der Waals surface area contributed by atoms with Crippen molar-refractivity contribution < 1.29 is 4.74 Å². The number of anilines is 4. The van der Waals surface area contributed by atoms with Crippen molar-refractivity contribution in [1.29, 1.82) is 0 Å². The number of para-hydroxylation sites is 1. The number of pyridine rings is 1. The molecule has 0 atom stereocenters. The molecule has 0 amide bonds. The van der Waals surface area contributed by atoms with E-state index in [-0.39, 0.29) is 0 Å². The molecule has 9 rings (SSSR count). The standard InChI is InChI=1S/C39H28N4OS2/c1-41-19-20-42(25-41)27-21-31-29-13-5-7-15-35(29)45-38(31)33(23-27)44-34-24-28(22-32-30-14-6-8-16-36(30)46-39(32)34)43(26-11-3-2-4-12-26)37-17-9-10-18-40-37/h2-24H,25H2,1H3. The van der Waals surface area contributed by atoms with E-state index >= 15 is 0 Å². The molecule has 222 valence electrons. The Balaban J connectivity index is 1.29. The minimum atomic E-state index is 0.791. The van der Waals surface area contributed by atoms with Crippen LogP contribution in [0.25, 0.3) is 40.3 Å². The second kappa shape index (κ2) is 10.9. The van der Waals surface area contributed by atoms with Gasteiger partial charge in [0.05, 0.1) is 21.8 Å². The molecule has 5 nitrogen and oxygen atoms in total. The Bertz CT molecular complexity index is 2380. The lowest BCUT2D eigenvalue weighted by atomic mass is 10.1. The van der Waals surface area contributed by atoms with Crippen LogP contribution in [0.5, 0.6) is 11.5 Å². The van der Waals surface area contributed by atoms with Gasteiger partial charge < -0.3 is 14.5 Å². The minimum absolute atomic E-state index is 0.791. The van der Waals surface area contributed by atoms with E-state index in [0.717, 1.165) is 55.8 Å². The average Bonchev–Trinajstić information content (AvgIpc) is 3.81. The summed E-state index contributed by atoms with van der Waals surface area (Å²) in [4.78, 5) is 11.4. The van der Waals surface area contributed by atoms with Crippen LogP contribution in [0.3, 0.4) is 0 Å². The summed E-state index contributed by atoms with van der Waals surface area (Å²) in [6.45, 7) is 0.791. The molecule has 7 heteroatoms. The number of hydrogen-bond acceptors (Lipinski definition) is 7. The molecule has 4 heterocycles. The van der Waals surface area contributed by atoms with Crippen LogP contribution in [0, 0.1) is 0 Å². The van der Waals surface area contributed by atoms with E-state index in [4.69, 9.17) is 9.72 Å². The fourth-order valence-corrected chi connectivity index (χ4v) is 8.57. The van der Waals surface area contributed by atoms with E-state index in [1.165, 1.54) is 25.6 Å². The molecular formula is C39H28N4OS2. The molecule has 3 aromatic heterocycles. The van der Waals surface area contributed by atoms with E-state index in [1.54, 1.807) is 22.7 Å². The fourth-order valence-electron chi connectivity index (χ4n) is 6.30. The number of thiophene rings is 2. The van der Waals surface area contributed by atoms with Gasteiger partial charge in [0.15, 0.2) is 0 Å². The van der Waals surface area contributed by atoms with Crippen LogP contribution < -0.4 is 14.5 Å². The normalized spacial score (nSPS) is 13.1. The SMILES string of the molecule is CN1C=CN(c2cc(Oc3cc(N(c4ccccc4)c4ccccn4)cc4c3sc3ccccc34)c3sc4ccccc4c3c2)C1. The highest BCUT2D eigenvalue weighted by molar-refractivity contribution is 7.26. The zero-order valence-electron chi connectivity index (χ0n) is 25.0. The first-order valence-corrected chi connectivity index (χ1v) is 16.8. The summed E-state index contributed by atoms with van der Waals surface area (Å²) in [7, 11) is 2.09. The van der Waals surface area contributed by atoms with Gasteiger partial charge in [-0.2, -0.15) is 0 Å². The topological polar surface area (TPSA) is 31.8 Å². The van der Waals surface area contributed by atoms with Gasteiger partial charge in [-0.3, -0.25) is 4.90 Å². The van der Waals surface area contributed by atoms with E-state index in [9.17, 15) is 0 Å². The maximum atomic E-state index is 7.16. The fraction of sp³-hybridized carbons (Fsp3) is 0.0513. The number of rotatable bonds is 6. The van der Waals surface area contributed by atoms with Crippen molar-refractivity contribution >= 4 is 85.9 Å². The van der Waals surface area contributed by atoms with Gasteiger partial charge in [-0.25, -0.2) is 4.98 Å². The van der Waals surface area contributed by atoms with Crippen LogP contribution in [0.4, 0.5) is 22.9 Å². The molecule has 5 aromatic carbocycles. The molecular weight excluding hydrogens is 605 g/mol. The molecule has 0 unspecified atom stereocenters. The summed E-state index contributed by atoms with van der Waals surface area (Å²) in [6.07, 6.45) is 6.08. The van der Waals surface area contributed by atoms with Crippen molar-refractivity contribution in [3.63, 3.8) is 0 Å². The molecule has 8 aromatic rings. The molecule has 0 aliphatic carbocycles. The third-order valence-corrected chi connectivity index (χ3v) is 10.8. The Hall–Kier alpha value is -5.37. The van der Waals surface area contributed by atoms with Crippen molar-refractivity contribution in [3.05, 3.63) is 140 Å². The number of hydrogen-bond donors (Lipinski definition) is 0. The smallest absolute Gasteiger partial charge is 0.147 e. The maximum absolute atomic E-state index is 7.16. The second-order valence-electron chi connectivity index (χ2n) is 11.5. The Morgan fingerprint density at radius 2 is 1.28 bits per heavy atom. The predicted octanol–water partition coefficient (Wildman–Crippen LogP) is 11.3. The van der Waals surface area contributed by atoms with Gasteiger partial charge in [-0.1, -0.05) is 60.7 Å². The molecule has 0 saturated heterocycles. The average molecular weight is 633 g/mol. The van der Waals surface area contributed by atoms with Gasteiger partial charge in [0, 0.05) is 80.1 Å². The Morgan fingerprint density at radius 3 is 1.96 bits per heavy atom. The van der Waals surface area contributed by atoms with Crippen LogP contribution in [0.15, 0.2) is 140 Å². The van der Waals surface area contributed by atoms with Crippen molar-refractivity contribution in [2.45, 2.75) is 0 Å². The van der Waals surface area contributed by atoms with Crippen molar-refractivity contribution in [2.75, 3.05) is 23.5 Å². The van der Waals surface area contributed by atoms with Gasteiger partial charge in [0.2, 0.25) is 0 Å². The highest BCUT2D eigenvalue weighted by atomic mass is 32.1. The van der Waals surface area contributed by atoms with E-state index < -0.39 is 0 Å². The zero-order chi connectivity index (χ0) is 30.6. The summed E-state index contributed by atoms with van der Waals surface area (Å²) in [5.74, 6) is 2.53. The van der Waals surface area contributed by atoms with Gasteiger partial charge in [0.1, 0.15) is 17.3 Å². The van der Waals surface area contributed by atoms with Crippen LogP contribution in [0.1, 0.15) is 0 Å². The highest BCUT2D eigenvalue weighted by Gasteiger charge is 2.22. The monoisotopic (exact) mass is 632 g/mol. The third kappa shape index (κ3) is 4.55. The molecule has 0 fully saturated rings. The maximum Gasteiger partial charge on any atom is 0.147 e. The Labute approximate surface area is 274 Å². The van der Waals surface area contributed by atoms with Crippen molar-refractivity contribution in [3.8, 4) is 11.5 Å². The number of benzene rings is 5. The molecule has 46 heavy (non-hydrogen) atoms.